The van der Waals surface area contributed by atoms with Gasteiger partial charge >= 0.3 is 0 Å². The molecule has 0 aromatic heterocycles. The smallest absolute Gasteiger partial charge is 0.243 e. The molecule has 0 radical (unpaired) electrons. The Morgan fingerprint density at radius 3 is 2.33 bits per heavy atom. The third kappa shape index (κ3) is 3.63. The molecule has 1 heterocycles. The van der Waals surface area contributed by atoms with Crippen molar-refractivity contribution in [1.29, 1.82) is 0 Å². The van der Waals surface area contributed by atoms with E-state index >= 15 is 0 Å². The molecule has 1 amide bonds. The Kier molecular flexibility index (Phi) is 5.00. The number of carbonyl (C=O) groups is 1. The number of nitrogens with zero attached hydrogens (tertiary/aromatic N) is 1. The largest absolute Gasteiger partial charge is 0.356 e. The van der Waals surface area contributed by atoms with E-state index in [9.17, 15) is 13.2 Å². The average molecular weight is 310 g/mol. The van der Waals surface area contributed by atoms with Crippen LogP contribution in [0.3, 0.4) is 0 Å². The van der Waals surface area contributed by atoms with Crippen LogP contribution in [-0.2, 0) is 14.8 Å². The first-order valence-corrected chi connectivity index (χ1v) is 8.73. The highest BCUT2D eigenvalue weighted by Crippen LogP contribution is 2.24. The number of aryl methyl sites for hydroxylation is 1. The first-order valence-electron chi connectivity index (χ1n) is 7.29. The summed E-state index contributed by atoms with van der Waals surface area (Å²) >= 11 is 0. The van der Waals surface area contributed by atoms with Gasteiger partial charge in [0.05, 0.1) is 4.90 Å². The summed E-state index contributed by atoms with van der Waals surface area (Å²) in [6.07, 6.45) is 1.16. The number of hydrogen-bond donors (Lipinski definition) is 1. The van der Waals surface area contributed by atoms with Gasteiger partial charge in [0, 0.05) is 25.6 Å². The fourth-order valence-electron chi connectivity index (χ4n) is 2.54. The molecule has 116 valence electrons. The van der Waals surface area contributed by atoms with Crippen LogP contribution in [0.2, 0.25) is 0 Å². The minimum atomic E-state index is -3.44. The number of benzene rings is 1. The summed E-state index contributed by atoms with van der Waals surface area (Å²) in [5.74, 6) is -0.0423. The summed E-state index contributed by atoms with van der Waals surface area (Å²) in [7, 11) is -3.44. The molecule has 6 heteroatoms. The SMILES string of the molecule is CCNC(=O)C1CCN(S(=O)(=O)c2ccc(C)cc2)CC1. The summed E-state index contributed by atoms with van der Waals surface area (Å²) in [4.78, 5) is 12.1. The van der Waals surface area contributed by atoms with Crippen LogP contribution in [0.15, 0.2) is 29.2 Å². The van der Waals surface area contributed by atoms with Crippen molar-refractivity contribution in [3.8, 4) is 0 Å². The zero-order valence-corrected chi connectivity index (χ0v) is 13.3. The predicted molar refractivity (Wildman–Crippen MR) is 81.3 cm³/mol. The van der Waals surface area contributed by atoms with Crippen LogP contribution >= 0.6 is 0 Å². The van der Waals surface area contributed by atoms with Crippen LogP contribution in [0, 0.1) is 12.8 Å². The van der Waals surface area contributed by atoms with Crippen molar-refractivity contribution in [1.82, 2.24) is 9.62 Å². The second kappa shape index (κ2) is 6.58. The van der Waals surface area contributed by atoms with Gasteiger partial charge in [-0.3, -0.25) is 4.79 Å². The predicted octanol–water partition coefficient (Wildman–Crippen LogP) is 1.53. The van der Waals surface area contributed by atoms with Crippen LogP contribution < -0.4 is 5.32 Å². The van der Waals surface area contributed by atoms with Gasteiger partial charge in [0.2, 0.25) is 15.9 Å². The maximum absolute atomic E-state index is 12.5. The van der Waals surface area contributed by atoms with Crippen LogP contribution in [-0.4, -0.2) is 38.3 Å². The summed E-state index contributed by atoms with van der Waals surface area (Å²) in [5, 5.41) is 2.80. The molecule has 1 fully saturated rings. The van der Waals surface area contributed by atoms with E-state index in [4.69, 9.17) is 0 Å². The Morgan fingerprint density at radius 1 is 1.24 bits per heavy atom. The number of rotatable bonds is 4. The second-order valence-corrected chi connectivity index (χ2v) is 7.32. The van der Waals surface area contributed by atoms with Crippen LogP contribution in [0.4, 0.5) is 0 Å². The maximum atomic E-state index is 12.5. The summed E-state index contributed by atoms with van der Waals surface area (Å²) in [6, 6.07) is 6.88. The van der Waals surface area contributed by atoms with E-state index in [1.807, 2.05) is 13.8 Å². The molecule has 1 aromatic rings. The van der Waals surface area contributed by atoms with E-state index in [1.165, 1.54) is 4.31 Å². The molecule has 1 aliphatic rings. The topological polar surface area (TPSA) is 66.5 Å². The number of sulfonamides is 1. The molecular formula is C15H22N2O3S. The standard InChI is InChI=1S/C15H22N2O3S/c1-3-16-15(18)13-8-10-17(11-9-13)21(19,20)14-6-4-12(2)5-7-14/h4-7,13H,3,8-11H2,1-2H3,(H,16,18). The maximum Gasteiger partial charge on any atom is 0.243 e. The summed E-state index contributed by atoms with van der Waals surface area (Å²) in [6.45, 7) is 5.22. The first kappa shape index (κ1) is 16.0. The first-order chi connectivity index (χ1) is 9.95. The normalized spacial score (nSPS) is 17.6. The molecule has 5 nitrogen and oxygen atoms in total. The number of carbonyl (C=O) groups excluding carboxylic acids is 1. The molecule has 2 rings (SSSR count). The Labute approximate surface area is 126 Å². The van der Waals surface area contributed by atoms with Gasteiger partial charge in [-0.1, -0.05) is 17.7 Å². The van der Waals surface area contributed by atoms with Crippen molar-refractivity contribution in [3.63, 3.8) is 0 Å². The van der Waals surface area contributed by atoms with Crippen molar-refractivity contribution < 1.29 is 13.2 Å². The lowest BCUT2D eigenvalue weighted by molar-refractivity contribution is -0.126. The van der Waals surface area contributed by atoms with E-state index in [-0.39, 0.29) is 11.8 Å². The van der Waals surface area contributed by atoms with Crippen molar-refractivity contribution in [2.24, 2.45) is 5.92 Å². The van der Waals surface area contributed by atoms with Gasteiger partial charge in [0.15, 0.2) is 0 Å². The molecule has 0 atom stereocenters. The van der Waals surface area contributed by atoms with Gasteiger partial charge in [0.1, 0.15) is 0 Å². The number of piperidine rings is 1. The molecule has 0 saturated carbocycles. The number of hydrogen-bond acceptors (Lipinski definition) is 3. The highest BCUT2D eigenvalue weighted by molar-refractivity contribution is 7.89. The second-order valence-electron chi connectivity index (χ2n) is 5.39. The third-order valence-corrected chi connectivity index (χ3v) is 5.75. The average Bonchev–Trinajstić information content (AvgIpc) is 2.48. The molecule has 1 aliphatic heterocycles. The molecule has 0 unspecified atom stereocenters. The number of nitrogens with one attached hydrogen (secondary N) is 1. The van der Waals surface area contributed by atoms with Gasteiger partial charge in [-0.25, -0.2) is 8.42 Å². The van der Waals surface area contributed by atoms with Crippen molar-refractivity contribution in [2.45, 2.75) is 31.6 Å². The van der Waals surface area contributed by atoms with E-state index in [0.717, 1.165) is 5.56 Å². The van der Waals surface area contributed by atoms with E-state index in [1.54, 1.807) is 24.3 Å². The highest BCUT2D eigenvalue weighted by atomic mass is 32.2. The highest BCUT2D eigenvalue weighted by Gasteiger charge is 2.31. The molecule has 1 aromatic carbocycles. The van der Waals surface area contributed by atoms with Gasteiger partial charge in [-0.15, -0.1) is 0 Å². The van der Waals surface area contributed by atoms with Crippen molar-refractivity contribution in [3.05, 3.63) is 29.8 Å². The molecule has 21 heavy (non-hydrogen) atoms. The molecule has 0 aliphatic carbocycles. The molecule has 0 bridgehead atoms. The van der Waals surface area contributed by atoms with Crippen LogP contribution in [0.25, 0.3) is 0 Å². The van der Waals surface area contributed by atoms with Crippen molar-refractivity contribution in [2.75, 3.05) is 19.6 Å². The fraction of sp³-hybridized carbons (Fsp3) is 0.533. The van der Waals surface area contributed by atoms with Gasteiger partial charge in [0.25, 0.3) is 0 Å². The Hall–Kier alpha value is -1.40. The molecular weight excluding hydrogens is 288 g/mol. The Morgan fingerprint density at radius 2 is 1.81 bits per heavy atom. The van der Waals surface area contributed by atoms with Gasteiger partial charge in [-0.2, -0.15) is 4.31 Å². The summed E-state index contributed by atoms with van der Waals surface area (Å²) in [5.41, 5.74) is 1.03. The third-order valence-electron chi connectivity index (χ3n) is 3.83. The van der Waals surface area contributed by atoms with Crippen molar-refractivity contribution >= 4 is 15.9 Å². The van der Waals surface area contributed by atoms with Gasteiger partial charge in [-0.05, 0) is 38.8 Å². The number of amides is 1. The quantitative estimate of drug-likeness (QED) is 0.917. The lowest BCUT2D eigenvalue weighted by Crippen LogP contribution is -2.42. The van der Waals surface area contributed by atoms with E-state index in [0.29, 0.717) is 37.4 Å². The minimum Gasteiger partial charge on any atom is -0.356 e. The van der Waals surface area contributed by atoms with Gasteiger partial charge < -0.3 is 5.32 Å². The Balaban J connectivity index is 2.04. The summed E-state index contributed by atoms with van der Waals surface area (Å²) < 4.78 is 26.5. The molecule has 1 N–H and O–H groups in total. The monoisotopic (exact) mass is 310 g/mol. The molecule has 0 spiro atoms. The van der Waals surface area contributed by atoms with Crippen LogP contribution in [0.5, 0.6) is 0 Å². The van der Waals surface area contributed by atoms with E-state index in [2.05, 4.69) is 5.32 Å². The lowest BCUT2D eigenvalue weighted by Gasteiger charge is -2.30. The van der Waals surface area contributed by atoms with Crippen LogP contribution in [0.1, 0.15) is 25.3 Å². The lowest BCUT2D eigenvalue weighted by atomic mass is 9.97. The zero-order chi connectivity index (χ0) is 15.5. The fourth-order valence-corrected chi connectivity index (χ4v) is 4.01. The van der Waals surface area contributed by atoms with E-state index < -0.39 is 10.0 Å². The Bertz CT molecular complexity index is 588. The molecule has 1 saturated heterocycles. The minimum absolute atomic E-state index is 0.0323. The zero-order valence-electron chi connectivity index (χ0n) is 12.5.